The van der Waals surface area contributed by atoms with Crippen molar-refractivity contribution in [3.05, 3.63) is 30.1 Å². The third-order valence-corrected chi connectivity index (χ3v) is 1.45. The minimum Gasteiger partial charge on any atom is -0.280 e. The fourth-order valence-corrected chi connectivity index (χ4v) is 0.808. The molecule has 1 heterocycles. The summed E-state index contributed by atoms with van der Waals surface area (Å²) in [6, 6.07) is 3.37. The summed E-state index contributed by atoms with van der Waals surface area (Å²) in [4.78, 5) is 14.6. The number of hydrogen-bond donors (Lipinski definition) is 1. The van der Waals surface area contributed by atoms with Crippen molar-refractivity contribution in [1.29, 1.82) is 0 Å². The summed E-state index contributed by atoms with van der Waals surface area (Å²) >= 11 is 0.699. The Kier molecular flexibility index (Phi) is 2.42. The molecule has 1 aromatic heterocycles. The Morgan fingerprint density at radius 1 is 1.70 bits per heavy atom. The maximum absolute atomic E-state index is 10.8. The summed E-state index contributed by atoms with van der Waals surface area (Å²) in [6.07, 6.45) is 3.10. The third kappa shape index (κ3) is 1.55. The van der Waals surface area contributed by atoms with Gasteiger partial charge in [-0.1, -0.05) is 0 Å². The minimum atomic E-state index is -0.159. The summed E-state index contributed by atoms with van der Waals surface area (Å²) in [7, 11) is 0. The molecule has 1 aromatic rings. The predicted molar refractivity (Wildman–Crippen MR) is 40.3 cm³/mol. The van der Waals surface area contributed by atoms with Crippen molar-refractivity contribution in [2.75, 3.05) is 0 Å². The van der Waals surface area contributed by atoms with Gasteiger partial charge in [0.05, 0.1) is 0 Å². The molecular weight excluding hydrogens is 148 g/mol. The first-order valence-corrected chi connectivity index (χ1v) is 3.53. The van der Waals surface area contributed by atoms with Crippen LogP contribution in [0.2, 0.25) is 0 Å². The van der Waals surface area contributed by atoms with Gasteiger partial charge in [-0.3, -0.25) is 14.9 Å². The molecule has 0 aromatic carbocycles. The first-order chi connectivity index (χ1) is 4.84. The van der Waals surface area contributed by atoms with Gasteiger partial charge in [-0.15, -0.1) is 0 Å². The largest absolute Gasteiger partial charge is 0.280 e. The first kappa shape index (κ1) is 7.24. The second-order valence-corrected chi connectivity index (χ2v) is 2.25. The number of nitrogens with zero attached hydrogens (tertiary/aromatic N) is 1. The summed E-state index contributed by atoms with van der Waals surface area (Å²) < 4.78 is 0. The zero-order valence-electron chi connectivity index (χ0n) is 5.15. The van der Waals surface area contributed by atoms with Gasteiger partial charge in [0.2, 0.25) is 5.12 Å². The van der Waals surface area contributed by atoms with Crippen LogP contribution in [-0.4, -0.2) is 10.1 Å². The van der Waals surface area contributed by atoms with Crippen molar-refractivity contribution in [2.45, 2.75) is 0 Å². The van der Waals surface area contributed by atoms with Crippen molar-refractivity contribution < 1.29 is 4.79 Å². The fraction of sp³-hybridized carbons (Fsp3) is 0. The lowest BCUT2D eigenvalue weighted by Gasteiger charge is -1.91. The number of nitrogens with two attached hydrogens (primary N) is 1. The molecule has 10 heavy (non-hydrogen) atoms. The standard InChI is InChI=1S/C6H6N2OS/c7-10-6(9)5-2-1-3-8-4-5/h1-4H,7H2. The van der Waals surface area contributed by atoms with E-state index in [9.17, 15) is 4.79 Å². The molecule has 0 fully saturated rings. The van der Waals surface area contributed by atoms with Gasteiger partial charge in [0, 0.05) is 18.0 Å². The molecule has 0 aliphatic carbocycles. The molecule has 3 nitrogen and oxygen atoms in total. The molecular formula is C6H6N2OS. The lowest BCUT2D eigenvalue weighted by Crippen LogP contribution is -1.96. The number of hydrogen-bond acceptors (Lipinski definition) is 4. The van der Waals surface area contributed by atoms with E-state index in [2.05, 4.69) is 4.98 Å². The van der Waals surface area contributed by atoms with E-state index in [0.717, 1.165) is 0 Å². The zero-order chi connectivity index (χ0) is 7.40. The van der Waals surface area contributed by atoms with Crippen LogP contribution < -0.4 is 5.14 Å². The van der Waals surface area contributed by atoms with Gasteiger partial charge in [0.15, 0.2) is 0 Å². The number of aromatic nitrogens is 1. The SMILES string of the molecule is NSC(=O)c1cccnc1. The molecule has 0 saturated carbocycles. The van der Waals surface area contributed by atoms with Crippen molar-refractivity contribution in [3.63, 3.8) is 0 Å². The van der Waals surface area contributed by atoms with Gasteiger partial charge in [0.25, 0.3) is 0 Å². The quantitative estimate of drug-likeness (QED) is 0.609. The van der Waals surface area contributed by atoms with Gasteiger partial charge >= 0.3 is 0 Å². The van der Waals surface area contributed by atoms with Crippen LogP contribution in [0, 0.1) is 0 Å². The Morgan fingerprint density at radius 2 is 2.50 bits per heavy atom. The zero-order valence-corrected chi connectivity index (χ0v) is 5.97. The number of carbonyl (C=O) groups is 1. The van der Waals surface area contributed by atoms with Crippen LogP contribution in [0.3, 0.4) is 0 Å². The number of rotatable bonds is 1. The first-order valence-electron chi connectivity index (χ1n) is 2.65. The molecule has 4 heteroatoms. The van der Waals surface area contributed by atoms with Crippen LogP contribution >= 0.6 is 11.9 Å². The molecule has 2 N–H and O–H groups in total. The normalized spacial score (nSPS) is 9.30. The molecule has 0 amide bonds. The maximum atomic E-state index is 10.8. The smallest absolute Gasteiger partial charge is 0.235 e. The van der Waals surface area contributed by atoms with Crippen LogP contribution in [0.5, 0.6) is 0 Å². The van der Waals surface area contributed by atoms with E-state index in [-0.39, 0.29) is 5.12 Å². The van der Waals surface area contributed by atoms with E-state index >= 15 is 0 Å². The van der Waals surface area contributed by atoms with Crippen LogP contribution in [0.4, 0.5) is 0 Å². The highest BCUT2D eigenvalue weighted by molar-refractivity contribution is 8.12. The van der Waals surface area contributed by atoms with Crippen molar-refractivity contribution in [3.8, 4) is 0 Å². The minimum absolute atomic E-state index is 0.159. The molecule has 0 radical (unpaired) electrons. The highest BCUT2D eigenvalue weighted by Crippen LogP contribution is 2.03. The lowest BCUT2D eigenvalue weighted by molar-refractivity contribution is 0.108. The Bertz CT molecular complexity index is 224. The monoisotopic (exact) mass is 154 g/mol. The van der Waals surface area contributed by atoms with Crippen molar-refractivity contribution in [1.82, 2.24) is 4.98 Å². The van der Waals surface area contributed by atoms with Crippen LogP contribution in [0.15, 0.2) is 24.5 Å². The second kappa shape index (κ2) is 3.34. The second-order valence-electron chi connectivity index (χ2n) is 1.65. The van der Waals surface area contributed by atoms with E-state index in [1.807, 2.05) is 0 Å². The topological polar surface area (TPSA) is 56.0 Å². The third-order valence-electron chi connectivity index (χ3n) is 1.00. The molecule has 0 unspecified atom stereocenters. The Hall–Kier alpha value is -0.870. The van der Waals surface area contributed by atoms with Crippen LogP contribution in [0.1, 0.15) is 10.4 Å². The molecule has 0 spiro atoms. The van der Waals surface area contributed by atoms with E-state index in [4.69, 9.17) is 5.14 Å². The maximum Gasteiger partial charge on any atom is 0.235 e. The average Bonchev–Trinajstić information content (AvgIpc) is 2.05. The van der Waals surface area contributed by atoms with E-state index in [0.29, 0.717) is 17.5 Å². The summed E-state index contributed by atoms with van der Waals surface area (Å²) in [5.74, 6) is 0. The molecule has 0 atom stereocenters. The lowest BCUT2D eigenvalue weighted by atomic mass is 10.3. The van der Waals surface area contributed by atoms with Crippen molar-refractivity contribution >= 4 is 17.1 Å². The van der Waals surface area contributed by atoms with Gasteiger partial charge < -0.3 is 0 Å². The van der Waals surface area contributed by atoms with Crippen molar-refractivity contribution in [2.24, 2.45) is 5.14 Å². The van der Waals surface area contributed by atoms with Gasteiger partial charge in [-0.25, -0.2) is 0 Å². The molecule has 0 bridgehead atoms. The summed E-state index contributed by atoms with van der Waals surface area (Å²) in [5.41, 5.74) is 0.537. The highest BCUT2D eigenvalue weighted by Gasteiger charge is 2.01. The summed E-state index contributed by atoms with van der Waals surface area (Å²) in [6.45, 7) is 0. The Balaban J connectivity index is 2.85. The number of pyridine rings is 1. The van der Waals surface area contributed by atoms with E-state index < -0.39 is 0 Å². The fourth-order valence-electron chi connectivity index (χ4n) is 0.552. The molecule has 1 rings (SSSR count). The molecule has 0 aliphatic heterocycles. The Morgan fingerprint density at radius 3 is 3.00 bits per heavy atom. The molecule has 0 aliphatic rings. The van der Waals surface area contributed by atoms with E-state index in [1.165, 1.54) is 6.20 Å². The van der Waals surface area contributed by atoms with Crippen LogP contribution in [0.25, 0.3) is 0 Å². The summed E-state index contributed by atoms with van der Waals surface area (Å²) in [5, 5.41) is 4.88. The highest BCUT2D eigenvalue weighted by atomic mass is 32.2. The number of carbonyl (C=O) groups excluding carboxylic acids is 1. The average molecular weight is 154 g/mol. The molecule has 0 saturated heterocycles. The van der Waals surface area contributed by atoms with Gasteiger partial charge in [-0.2, -0.15) is 0 Å². The Labute approximate surface area is 62.8 Å². The van der Waals surface area contributed by atoms with Gasteiger partial charge in [0.1, 0.15) is 0 Å². The van der Waals surface area contributed by atoms with E-state index in [1.54, 1.807) is 18.3 Å². The van der Waals surface area contributed by atoms with Crippen LogP contribution in [-0.2, 0) is 0 Å². The predicted octanol–water partition coefficient (Wildman–Crippen LogP) is 0.829. The van der Waals surface area contributed by atoms with Gasteiger partial charge in [-0.05, 0) is 24.1 Å². The molecule has 52 valence electrons.